The highest BCUT2D eigenvalue weighted by Crippen LogP contribution is 2.54. The fourth-order valence-electron chi connectivity index (χ4n) is 1.78. The van der Waals surface area contributed by atoms with Crippen molar-refractivity contribution >= 4 is 27.3 Å². The molecule has 0 radical (unpaired) electrons. The standard InChI is InChI=1S/C11H12BrN3S/c1-7-8(5-15(2)14-7)9-6-16-10(13-9)11(12)3-4-11/h5-6H,3-4H2,1-2H3. The molecule has 1 aliphatic carbocycles. The number of halogens is 1. The molecule has 2 heterocycles. The molecule has 0 atom stereocenters. The molecule has 1 fully saturated rings. The molecule has 0 saturated heterocycles. The molecule has 0 spiro atoms. The molecule has 16 heavy (non-hydrogen) atoms. The van der Waals surface area contributed by atoms with Crippen molar-refractivity contribution in [3.05, 3.63) is 22.3 Å². The Bertz CT molecular complexity index is 539. The number of aryl methyl sites for hydroxylation is 2. The van der Waals surface area contributed by atoms with Gasteiger partial charge in [0.2, 0.25) is 0 Å². The molecule has 2 aromatic heterocycles. The number of hydrogen-bond acceptors (Lipinski definition) is 3. The van der Waals surface area contributed by atoms with E-state index in [4.69, 9.17) is 4.98 Å². The van der Waals surface area contributed by atoms with Crippen molar-refractivity contribution in [1.29, 1.82) is 0 Å². The minimum Gasteiger partial charge on any atom is -0.275 e. The van der Waals surface area contributed by atoms with E-state index in [2.05, 4.69) is 26.4 Å². The van der Waals surface area contributed by atoms with Crippen molar-refractivity contribution in [2.45, 2.75) is 24.1 Å². The summed E-state index contributed by atoms with van der Waals surface area (Å²) >= 11 is 5.47. The largest absolute Gasteiger partial charge is 0.275 e. The van der Waals surface area contributed by atoms with Crippen LogP contribution in [0, 0.1) is 6.92 Å². The molecule has 1 aliphatic rings. The summed E-state index contributed by atoms with van der Waals surface area (Å²) < 4.78 is 2.02. The lowest BCUT2D eigenvalue weighted by Gasteiger charge is -1.98. The fraction of sp³-hybridized carbons (Fsp3) is 0.455. The van der Waals surface area contributed by atoms with Crippen molar-refractivity contribution in [1.82, 2.24) is 14.8 Å². The minimum atomic E-state index is 0.187. The van der Waals surface area contributed by atoms with Gasteiger partial charge >= 0.3 is 0 Å². The molecule has 0 unspecified atom stereocenters. The summed E-state index contributed by atoms with van der Waals surface area (Å²) in [6, 6.07) is 0. The molecule has 5 heteroatoms. The number of nitrogens with zero attached hydrogens (tertiary/aromatic N) is 3. The van der Waals surface area contributed by atoms with Crippen molar-refractivity contribution in [2.75, 3.05) is 0 Å². The van der Waals surface area contributed by atoms with E-state index in [0.717, 1.165) is 17.0 Å². The van der Waals surface area contributed by atoms with Gasteiger partial charge in [-0.1, -0.05) is 15.9 Å². The average molecular weight is 298 g/mol. The third-order valence-electron chi connectivity index (χ3n) is 2.87. The van der Waals surface area contributed by atoms with Crippen LogP contribution in [0.4, 0.5) is 0 Å². The summed E-state index contributed by atoms with van der Waals surface area (Å²) in [7, 11) is 1.94. The highest BCUT2D eigenvalue weighted by molar-refractivity contribution is 9.09. The van der Waals surface area contributed by atoms with Gasteiger partial charge in [0.05, 0.1) is 15.7 Å². The van der Waals surface area contributed by atoms with E-state index in [-0.39, 0.29) is 4.32 Å². The Morgan fingerprint density at radius 3 is 2.81 bits per heavy atom. The lowest BCUT2D eigenvalue weighted by molar-refractivity contribution is 0.756. The van der Waals surface area contributed by atoms with Crippen molar-refractivity contribution in [3.63, 3.8) is 0 Å². The zero-order valence-corrected chi connectivity index (χ0v) is 11.6. The first-order valence-corrected chi connectivity index (χ1v) is 6.91. The Balaban J connectivity index is 2.01. The average Bonchev–Trinajstić information content (AvgIpc) is 2.70. The topological polar surface area (TPSA) is 30.7 Å². The van der Waals surface area contributed by atoms with Crippen LogP contribution in [0.5, 0.6) is 0 Å². The van der Waals surface area contributed by atoms with Gasteiger partial charge in [0, 0.05) is 24.2 Å². The van der Waals surface area contributed by atoms with Gasteiger partial charge in [0.1, 0.15) is 5.01 Å². The number of alkyl halides is 1. The molecule has 0 bridgehead atoms. The van der Waals surface area contributed by atoms with E-state index in [0.29, 0.717) is 0 Å². The van der Waals surface area contributed by atoms with Gasteiger partial charge in [0.25, 0.3) is 0 Å². The zero-order chi connectivity index (χ0) is 11.3. The van der Waals surface area contributed by atoms with Crippen LogP contribution in [0.2, 0.25) is 0 Å². The molecule has 84 valence electrons. The van der Waals surface area contributed by atoms with Crippen LogP contribution in [0.3, 0.4) is 0 Å². The van der Waals surface area contributed by atoms with Crippen molar-refractivity contribution in [2.24, 2.45) is 7.05 Å². The van der Waals surface area contributed by atoms with E-state index < -0.39 is 0 Å². The molecule has 0 aliphatic heterocycles. The molecule has 2 aromatic rings. The SMILES string of the molecule is Cc1nn(C)cc1-c1csc(C2(Br)CC2)n1. The highest BCUT2D eigenvalue weighted by atomic mass is 79.9. The maximum Gasteiger partial charge on any atom is 0.110 e. The smallest absolute Gasteiger partial charge is 0.110 e. The quantitative estimate of drug-likeness (QED) is 0.797. The summed E-state index contributed by atoms with van der Waals surface area (Å²) in [4.78, 5) is 4.71. The van der Waals surface area contributed by atoms with Gasteiger partial charge in [-0.05, 0) is 19.8 Å². The lowest BCUT2D eigenvalue weighted by atomic mass is 10.2. The van der Waals surface area contributed by atoms with Gasteiger partial charge in [-0.15, -0.1) is 11.3 Å². The molecule has 3 rings (SSSR count). The second-order valence-electron chi connectivity index (χ2n) is 4.31. The number of thiazole rings is 1. The predicted molar refractivity (Wildman–Crippen MR) is 68.9 cm³/mol. The van der Waals surface area contributed by atoms with E-state index in [1.54, 1.807) is 11.3 Å². The predicted octanol–water partition coefficient (Wildman–Crippen LogP) is 3.24. The Hall–Kier alpha value is -0.680. The molecule has 0 amide bonds. The van der Waals surface area contributed by atoms with Crippen LogP contribution in [-0.2, 0) is 11.4 Å². The Morgan fingerprint density at radius 2 is 2.25 bits per heavy atom. The maximum atomic E-state index is 4.71. The van der Waals surface area contributed by atoms with Gasteiger partial charge in [-0.3, -0.25) is 4.68 Å². The van der Waals surface area contributed by atoms with Gasteiger partial charge < -0.3 is 0 Å². The number of hydrogen-bond donors (Lipinski definition) is 0. The van der Waals surface area contributed by atoms with E-state index >= 15 is 0 Å². The summed E-state index contributed by atoms with van der Waals surface area (Å²) in [6.45, 7) is 2.02. The first kappa shape index (κ1) is 10.5. The monoisotopic (exact) mass is 297 g/mol. The van der Waals surface area contributed by atoms with Crippen LogP contribution in [0.25, 0.3) is 11.3 Å². The van der Waals surface area contributed by atoms with E-state index in [1.807, 2.05) is 24.9 Å². The molecule has 0 aromatic carbocycles. The third-order valence-corrected chi connectivity index (χ3v) is 5.34. The first-order chi connectivity index (χ1) is 7.58. The summed E-state index contributed by atoms with van der Waals surface area (Å²) in [5.74, 6) is 0. The summed E-state index contributed by atoms with van der Waals surface area (Å²) in [5.41, 5.74) is 3.23. The van der Waals surface area contributed by atoms with Gasteiger partial charge in [-0.25, -0.2) is 4.98 Å². The summed E-state index contributed by atoms with van der Waals surface area (Å²) in [5, 5.41) is 7.67. The van der Waals surface area contributed by atoms with Crippen LogP contribution in [0.15, 0.2) is 11.6 Å². The van der Waals surface area contributed by atoms with Crippen molar-refractivity contribution < 1.29 is 0 Å². The zero-order valence-electron chi connectivity index (χ0n) is 9.20. The van der Waals surface area contributed by atoms with Crippen LogP contribution in [0.1, 0.15) is 23.5 Å². The molecular formula is C11H12BrN3S. The maximum absolute atomic E-state index is 4.71. The third kappa shape index (κ3) is 1.62. The van der Waals surface area contributed by atoms with Crippen molar-refractivity contribution in [3.8, 4) is 11.3 Å². The van der Waals surface area contributed by atoms with Crippen LogP contribution >= 0.6 is 27.3 Å². The van der Waals surface area contributed by atoms with Crippen LogP contribution in [-0.4, -0.2) is 14.8 Å². The lowest BCUT2D eigenvalue weighted by Crippen LogP contribution is -1.93. The second-order valence-corrected chi connectivity index (χ2v) is 6.68. The molecule has 0 N–H and O–H groups in total. The Labute approximate surface area is 107 Å². The summed E-state index contributed by atoms with van der Waals surface area (Å²) in [6.07, 6.45) is 4.43. The number of aromatic nitrogens is 3. The van der Waals surface area contributed by atoms with Crippen LogP contribution < -0.4 is 0 Å². The molecule has 3 nitrogen and oxygen atoms in total. The molecular weight excluding hydrogens is 286 g/mol. The minimum absolute atomic E-state index is 0.187. The highest BCUT2D eigenvalue weighted by Gasteiger charge is 2.44. The second kappa shape index (κ2) is 3.40. The first-order valence-electron chi connectivity index (χ1n) is 5.24. The molecule has 1 saturated carbocycles. The van der Waals surface area contributed by atoms with E-state index in [9.17, 15) is 0 Å². The fourth-order valence-corrected chi connectivity index (χ4v) is 3.31. The Morgan fingerprint density at radius 1 is 1.50 bits per heavy atom. The Kier molecular flexibility index (Phi) is 2.23. The van der Waals surface area contributed by atoms with Gasteiger partial charge in [0.15, 0.2) is 0 Å². The number of rotatable bonds is 2. The van der Waals surface area contributed by atoms with Gasteiger partial charge in [-0.2, -0.15) is 5.10 Å². The van der Waals surface area contributed by atoms with E-state index in [1.165, 1.54) is 17.8 Å². The normalized spacial score (nSPS) is 17.7.